The van der Waals surface area contributed by atoms with Crippen molar-refractivity contribution in [3.63, 3.8) is 0 Å². The topological polar surface area (TPSA) is 32.3 Å². The average Bonchev–Trinajstić information content (AvgIpc) is 2.17. The average molecular weight is 211 g/mol. The van der Waals surface area contributed by atoms with Gasteiger partial charge in [-0.15, -0.1) is 0 Å². The van der Waals surface area contributed by atoms with Gasteiger partial charge in [-0.25, -0.2) is 4.39 Å². The number of benzene rings is 1. The van der Waals surface area contributed by atoms with Gasteiger partial charge in [-0.2, -0.15) is 0 Å². The molecule has 0 aliphatic heterocycles. The van der Waals surface area contributed by atoms with Gasteiger partial charge in [0.15, 0.2) is 0 Å². The van der Waals surface area contributed by atoms with Gasteiger partial charge in [-0.05, 0) is 38.0 Å². The van der Waals surface area contributed by atoms with Crippen molar-refractivity contribution >= 4 is 0 Å². The molecule has 0 spiro atoms. The zero-order valence-electron chi connectivity index (χ0n) is 9.20. The second-order valence-electron chi connectivity index (χ2n) is 3.99. The standard InChI is InChI=1S/C12H18FNO/c1-9(14-10(2)8-15)6-11-4-3-5-12(13)7-11/h3-5,7,9-10,14-15H,6,8H2,1-2H3/t9?,10-/m1/s1. The Hall–Kier alpha value is -0.930. The van der Waals surface area contributed by atoms with Crippen LogP contribution in [-0.4, -0.2) is 23.8 Å². The summed E-state index contributed by atoms with van der Waals surface area (Å²) in [5.74, 6) is -0.199. The van der Waals surface area contributed by atoms with Crippen LogP contribution in [0.2, 0.25) is 0 Å². The summed E-state index contributed by atoms with van der Waals surface area (Å²) in [6.07, 6.45) is 0.766. The molecule has 3 heteroatoms. The van der Waals surface area contributed by atoms with E-state index in [9.17, 15) is 4.39 Å². The summed E-state index contributed by atoms with van der Waals surface area (Å²) in [5, 5.41) is 12.1. The third-order valence-corrected chi connectivity index (χ3v) is 2.27. The van der Waals surface area contributed by atoms with E-state index in [4.69, 9.17) is 5.11 Å². The van der Waals surface area contributed by atoms with Crippen LogP contribution in [0.1, 0.15) is 19.4 Å². The predicted molar refractivity (Wildman–Crippen MR) is 59.2 cm³/mol. The van der Waals surface area contributed by atoms with Gasteiger partial charge in [-0.1, -0.05) is 12.1 Å². The quantitative estimate of drug-likeness (QED) is 0.777. The minimum Gasteiger partial charge on any atom is -0.395 e. The molecule has 84 valence electrons. The monoisotopic (exact) mass is 211 g/mol. The van der Waals surface area contributed by atoms with Crippen molar-refractivity contribution in [3.8, 4) is 0 Å². The first-order valence-electron chi connectivity index (χ1n) is 5.23. The summed E-state index contributed by atoms with van der Waals surface area (Å²) in [5.41, 5.74) is 0.972. The number of halogens is 1. The van der Waals surface area contributed by atoms with E-state index >= 15 is 0 Å². The summed E-state index contributed by atoms with van der Waals surface area (Å²) < 4.78 is 12.9. The highest BCUT2D eigenvalue weighted by atomic mass is 19.1. The maximum Gasteiger partial charge on any atom is 0.123 e. The number of nitrogens with one attached hydrogen (secondary N) is 1. The van der Waals surface area contributed by atoms with Crippen LogP contribution in [0.3, 0.4) is 0 Å². The zero-order chi connectivity index (χ0) is 11.3. The van der Waals surface area contributed by atoms with Crippen LogP contribution >= 0.6 is 0 Å². The molecule has 1 aromatic rings. The van der Waals surface area contributed by atoms with Gasteiger partial charge in [0.25, 0.3) is 0 Å². The van der Waals surface area contributed by atoms with E-state index in [1.165, 1.54) is 6.07 Å². The van der Waals surface area contributed by atoms with Crippen LogP contribution in [0.15, 0.2) is 24.3 Å². The van der Waals surface area contributed by atoms with Crippen molar-refractivity contribution < 1.29 is 9.50 Å². The number of rotatable bonds is 5. The Morgan fingerprint density at radius 1 is 1.33 bits per heavy atom. The Kier molecular flexibility index (Phi) is 4.72. The smallest absolute Gasteiger partial charge is 0.123 e. The van der Waals surface area contributed by atoms with E-state index in [1.54, 1.807) is 12.1 Å². The third kappa shape index (κ3) is 4.40. The van der Waals surface area contributed by atoms with Crippen LogP contribution in [0.4, 0.5) is 4.39 Å². The molecule has 15 heavy (non-hydrogen) atoms. The molecule has 0 aliphatic rings. The SMILES string of the molecule is CC(Cc1cccc(F)c1)N[C@H](C)CO. The minimum absolute atomic E-state index is 0.0774. The van der Waals surface area contributed by atoms with Crippen LogP contribution in [0.25, 0.3) is 0 Å². The van der Waals surface area contributed by atoms with Gasteiger partial charge in [0, 0.05) is 12.1 Å². The number of hydrogen-bond donors (Lipinski definition) is 2. The fourth-order valence-corrected chi connectivity index (χ4v) is 1.61. The molecule has 1 unspecified atom stereocenters. The lowest BCUT2D eigenvalue weighted by Crippen LogP contribution is -2.37. The van der Waals surface area contributed by atoms with Crippen molar-refractivity contribution in [1.82, 2.24) is 5.32 Å². The van der Waals surface area contributed by atoms with E-state index in [0.29, 0.717) is 0 Å². The number of aliphatic hydroxyl groups excluding tert-OH is 1. The second-order valence-corrected chi connectivity index (χ2v) is 3.99. The molecule has 1 rings (SSSR count). The van der Waals surface area contributed by atoms with Crippen molar-refractivity contribution in [3.05, 3.63) is 35.6 Å². The van der Waals surface area contributed by atoms with Gasteiger partial charge in [0.1, 0.15) is 5.82 Å². The molecule has 1 aromatic carbocycles. The normalized spacial score (nSPS) is 14.9. The summed E-state index contributed by atoms with van der Waals surface area (Å²) in [7, 11) is 0. The fraction of sp³-hybridized carbons (Fsp3) is 0.500. The fourth-order valence-electron chi connectivity index (χ4n) is 1.61. The molecule has 0 saturated heterocycles. The van der Waals surface area contributed by atoms with Gasteiger partial charge in [-0.3, -0.25) is 0 Å². The molecule has 0 bridgehead atoms. The lowest BCUT2D eigenvalue weighted by molar-refractivity contribution is 0.242. The molecule has 0 heterocycles. The Morgan fingerprint density at radius 2 is 2.07 bits per heavy atom. The van der Waals surface area contributed by atoms with Crippen molar-refractivity contribution in [2.75, 3.05) is 6.61 Å². The van der Waals surface area contributed by atoms with Gasteiger partial charge < -0.3 is 10.4 Å². The molecule has 2 nitrogen and oxygen atoms in total. The van der Waals surface area contributed by atoms with Crippen molar-refractivity contribution in [2.24, 2.45) is 0 Å². The highest BCUT2D eigenvalue weighted by Crippen LogP contribution is 2.06. The summed E-state index contributed by atoms with van der Waals surface area (Å²) in [6, 6.07) is 6.92. The number of hydrogen-bond acceptors (Lipinski definition) is 2. The van der Waals surface area contributed by atoms with Crippen LogP contribution in [-0.2, 0) is 6.42 Å². The van der Waals surface area contributed by atoms with E-state index in [2.05, 4.69) is 5.32 Å². The summed E-state index contributed by atoms with van der Waals surface area (Å²) >= 11 is 0. The lowest BCUT2D eigenvalue weighted by atomic mass is 10.1. The summed E-state index contributed by atoms with van der Waals surface area (Å²) in [6.45, 7) is 4.06. The Labute approximate surface area is 90.1 Å². The first-order valence-corrected chi connectivity index (χ1v) is 5.23. The summed E-state index contributed by atoms with van der Waals surface area (Å²) in [4.78, 5) is 0. The highest BCUT2D eigenvalue weighted by molar-refractivity contribution is 5.17. The Bertz CT molecular complexity index is 303. The zero-order valence-corrected chi connectivity index (χ0v) is 9.20. The molecule has 0 saturated carbocycles. The van der Waals surface area contributed by atoms with E-state index in [0.717, 1.165) is 12.0 Å². The van der Waals surface area contributed by atoms with Crippen molar-refractivity contribution in [1.29, 1.82) is 0 Å². The Balaban J connectivity index is 2.47. The molecule has 2 N–H and O–H groups in total. The lowest BCUT2D eigenvalue weighted by Gasteiger charge is -2.18. The molecule has 0 aromatic heterocycles. The molecule has 0 aliphatic carbocycles. The first-order chi connectivity index (χ1) is 7.11. The van der Waals surface area contributed by atoms with Crippen LogP contribution in [0.5, 0.6) is 0 Å². The van der Waals surface area contributed by atoms with Gasteiger partial charge >= 0.3 is 0 Å². The van der Waals surface area contributed by atoms with Crippen molar-refractivity contribution in [2.45, 2.75) is 32.4 Å². The van der Waals surface area contributed by atoms with Gasteiger partial charge in [0.2, 0.25) is 0 Å². The van der Waals surface area contributed by atoms with Crippen LogP contribution in [0, 0.1) is 5.82 Å². The Morgan fingerprint density at radius 3 is 2.67 bits per heavy atom. The molecule has 2 atom stereocenters. The predicted octanol–water partition coefficient (Wildman–Crippen LogP) is 1.73. The number of aliphatic hydroxyl groups is 1. The second kappa shape index (κ2) is 5.83. The maximum atomic E-state index is 12.9. The van der Waals surface area contributed by atoms with Gasteiger partial charge in [0.05, 0.1) is 6.61 Å². The maximum absolute atomic E-state index is 12.9. The molecular weight excluding hydrogens is 193 g/mol. The third-order valence-electron chi connectivity index (χ3n) is 2.27. The largest absolute Gasteiger partial charge is 0.395 e. The molecule has 0 radical (unpaired) electrons. The molecular formula is C12H18FNO. The van der Waals surface area contributed by atoms with E-state index in [1.807, 2.05) is 19.9 Å². The minimum atomic E-state index is -0.199. The van der Waals surface area contributed by atoms with Crippen LogP contribution < -0.4 is 5.32 Å². The van der Waals surface area contributed by atoms with E-state index < -0.39 is 0 Å². The molecule has 0 amide bonds. The first kappa shape index (κ1) is 12.1. The highest BCUT2D eigenvalue weighted by Gasteiger charge is 2.07. The molecule has 0 fully saturated rings. The van der Waals surface area contributed by atoms with E-state index in [-0.39, 0.29) is 24.5 Å².